The first-order valence-electron chi connectivity index (χ1n) is 6.30. The maximum absolute atomic E-state index is 9.13. The number of thiophene rings is 1. The Hall–Kier alpha value is -1.16. The molecule has 96 valence electrons. The molecule has 1 heterocycles. The molecule has 1 aromatic carbocycles. The summed E-state index contributed by atoms with van der Waals surface area (Å²) in [5.74, 6) is 0. The number of hydrogen-bond acceptors (Lipinski definition) is 3. The molecule has 0 amide bonds. The summed E-state index contributed by atoms with van der Waals surface area (Å²) in [4.78, 5) is 1.31. The Morgan fingerprint density at radius 1 is 1.22 bits per heavy atom. The number of aliphatic hydroxyl groups excluding tert-OH is 1. The second-order valence-corrected chi connectivity index (χ2v) is 5.33. The summed E-state index contributed by atoms with van der Waals surface area (Å²) in [5, 5.41) is 14.7. The quantitative estimate of drug-likeness (QED) is 0.836. The van der Waals surface area contributed by atoms with Gasteiger partial charge in [0.1, 0.15) is 0 Å². The highest BCUT2D eigenvalue weighted by Gasteiger charge is 2.06. The van der Waals surface area contributed by atoms with Crippen LogP contribution in [0, 0.1) is 0 Å². The van der Waals surface area contributed by atoms with Crippen molar-refractivity contribution in [2.24, 2.45) is 0 Å². The van der Waals surface area contributed by atoms with E-state index in [0.29, 0.717) is 0 Å². The van der Waals surface area contributed by atoms with E-state index in [4.69, 9.17) is 5.11 Å². The Balaban J connectivity index is 1.98. The Morgan fingerprint density at radius 3 is 2.67 bits per heavy atom. The van der Waals surface area contributed by atoms with Gasteiger partial charge < -0.3 is 10.4 Å². The highest BCUT2D eigenvalue weighted by atomic mass is 32.1. The van der Waals surface area contributed by atoms with Crippen LogP contribution in [0.3, 0.4) is 0 Å². The molecular formula is C15H19NOS. The number of nitrogens with one attached hydrogen (secondary N) is 1. The zero-order valence-corrected chi connectivity index (χ0v) is 11.4. The van der Waals surface area contributed by atoms with E-state index in [1.54, 1.807) is 11.3 Å². The SMILES string of the molecule is CCC(CO)NCc1cc(-c2ccccc2)cs1. The standard InChI is InChI=1S/C15H19NOS/c1-2-14(10-17)16-9-15-8-13(11-18-15)12-6-4-3-5-7-12/h3-8,11,14,16-17H,2,9-10H2,1H3. The molecule has 0 bridgehead atoms. The summed E-state index contributed by atoms with van der Waals surface area (Å²) in [6, 6.07) is 12.8. The average Bonchev–Trinajstić information content (AvgIpc) is 2.90. The molecule has 2 nitrogen and oxygen atoms in total. The van der Waals surface area contributed by atoms with E-state index >= 15 is 0 Å². The van der Waals surface area contributed by atoms with Crippen LogP contribution in [0.5, 0.6) is 0 Å². The van der Waals surface area contributed by atoms with E-state index < -0.39 is 0 Å². The molecule has 0 aliphatic rings. The van der Waals surface area contributed by atoms with Crippen molar-refractivity contribution in [3.8, 4) is 11.1 Å². The maximum atomic E-state index is 9.13. The molecule has 0 aliphatic carbocycles. The molecule has 1 aromatic heterocycles. The lowest BCUT2D eigenvalue weighted by molar-refractivity contribution is 0.238. The third-order valence-electron chi connectivity index (χ3n) is 3.04. The van der Waals surface area contributed by atoms with Crippen molar-refractivity contribution in [1.29, 1.82) is 0 Å². The van der Waals surface area contributed by atoms with E-state index in [-0.39, 0.29) is 12.6 Å². The van der Waals surface area contributed by atoms with Crippen LogP contribution in [0.2, 0.25) is 0 Å². The summed E-state index contributed by atoms with van der Waals surface area (Å²) in [6.45, 7) is 3.11. The van der Waals surface area contributed by atoms with Crippen molar-refractivity contribution in [2.45, 2.75) is 25.9 Å². The Labute approximate surface area is 112 Å². The molecule has 0 saturated heterocycles. The lowest BCUT2D eigenvalue weighted by Crippen LogP contribution is -2.30. The van der Waals surface area contributed by atoms with E-state index in [1.165, 1.54) is 16.0 Å². The molecule has 0 radical (unpaired) electrons. The lowest BCUT2D eigenvalue weighted by atomic mass is 10.1. The van der Waals surface area contributed by atoms with Gasteiger partial charge in [-0.3, -0.25) is 0 Å². The number of aliphatic hydroxyl groups is 1. The molecule has 0 fully saturated rings. The Bertz CT molecular complexity index is 462. The van der Waals surface area contributed by atoms with Crippen LogP contribution >= 0.6 is 11.3 Å². The fourth-order valence-electron chi connectivity index (χ4n) is 1.84. The number of rotatable bonds is 6. The molecule has 2 N–H and O–H groups in total. The topological polar surface area (TPSA) is 32.3 Å². The molecule has 0 spiro atoms. The van der Waals surface area contributed by atoms with Gasteiger partial charge in [0.05, 0.1) is 6.61 Å². The van der Waals surface area contributed by atoms with Gasteiger partial charge in [0, 0.05) is 17.5 Å². The summed E-state index contributed by atoms with van der Waals surface area (Å²) in [5.41, 5.74) is 2.53. The fourth-order valence-corrected chi connectivity index (χ4v) is 2.68. The lowest BCUT2D eigenvalue weighted by Gasteiger charge is -2.12. The predicted octanol–water partition coefficient (Wildman–Crippen LogP) is 3.28. The van der Waals surface area contributed by atoms with Crippen LogP contribution in [0.25, 0.3) is 11.1 Å². The summed E-state index contributed by atoms with van der Waals surface area (Å²) in [7, 11) is 0. The number of benzene rings is 1. The molecule has 0 saturated carbocycles. The molecule has 1 atom stereocenters. The first-order valence-corrected chi connectivity index (χ1v) is 7.18. The molecule has 0 aliphatic heterocycles. The predicted molar refractivity (Wildman–Crippen MR) is 77.8 cm³/mol. The third kappa shape index (κ3) is 3.42. The largest absolute Gasteiger partial charge is 0.395 e. The van der Waals surface area contributed by atoms with E-state index in [0.717, 1.165) is 13.0 Å². The van der Waals surface area contributed by atoms with Crippen LogP contribution in [0.4, 0.5) is 0 Å². The van der Waals surface area contributed by atoms with Gasteiger partial charge in [-0.2, -0.15) is 0 Å². The minimum absolute atomic E-state index is 0.201. The first kappa shape index (κ1) is 13.3. The highest BCUT2D eigenvalue weighted by Crippen LogP contribution is 2.25. The zero-order chi connectivity index (χ0) is 12.8. The first-order chi connectivity index (χ1) is 8.83. The van der Waals surface area contributed by atoms with Crippen LogP contribution in [0.1, 0.15) is 18.2 Å². The van der Waals surface area contributed by atoms with Gasteiger partial charge in [-0.25, -0.2) is 0 Å². The van der Waals surface area contributed by atoms with Crippen LogP contribution in [-0.2, 0) is 6.54 Å². The second-order valence-electron chi connectivity index (χ2n) is 4.34. The maximum Gasteiger partial charge on any atom is 0.0584 e. The molecule has 1 unspecified atom stereocenters. The van der Waals surface area contributed by atoms with Gasteiger partial charge in [0.2, 0.25) is 0 Å². The zero-order valence-electron chi connectivity index (χ0n) is 10.6. The smallest absolute Gasteiger partial charge is 0.0584 e. The fraction of sp³-hybridized carbons (Fsp3) is 0.333. The second kappa shape index (κ2) is 6.69. The molecule has 3 heteroatoms. The monoisotopic (exact) mass is 261 g/mol. The van der Waals surface area contributed by atoms with Crippen molar-refractivity contribution >= 4 is 11.3 Å². The van der Waals surface area contributed by atoms with Gasteiger partial charge in [0.15, 0.2) is 0 Å². The Morgan fingerprint density at radius 2 is 2.00 bits per heavy atom. The van der Waals surface area contributed by atoms with Gasteiger partial charge in [-0.15, -0.1) is 11.3 Å². The average molecular weight is 261 g/mol. The van der Waals surface area contributed by atoms with Crippen molar-refractivity contribution in [3.63, 3.8) is 0 Å². The van der Waals surface area contributed by atoms with Crippen molar-refractivity contribution in [3.05, 3.63) is 46.7 Å². The van der Waals surface area contributed by atoms with Crippen LogP contribution in [0.15, 0.2) is 41.8 Å². The van der Waals surface area contributed by atoms with Crippen molar-refractivity contribution in [2.75, 3.05) is 6.61 Å². The van der Waals surface area contributed by atoms with Crippen LogP contribution in [-0.4, -0.2) is 17.8 Å². The third-order valence-corrected chi connectivity index (χ3v) is 3.98. The van der Waals surface area contributed by atoms with E-state index in [1.807, 2.05) is 6.07 Å². The minimum Gasteiger partial charge on any atom is -0.395 e. The molecule has 18 heavy (non-hydrogen) atoms. The van der Waals surface area contributed by atoms with Crippen molar-refractivity contribution < 1.29 is 5.11 Å². The summed E-state index contributed by atoms with van der Waals surface area (Å²) >= 11 is 1.76. The molecular weight excluding hydrogens is 242 g/mol. The normalized spacial score (nSPS) is 12.6. The molecule has 2 rings (SSSR count). The Kier molecular flexibility index (Phi) is 4.93. The van der Waals surface area contributed by atoms with E-state index in [9.17, 15) is 0 Å². The minimum atomic E-state index is 0.201. The van der Waals surface area contributed by atoms with Crippen molar-refractivity contribution in [1.82, 2.24) is 5.32 Å². The summed E-state index contributed by atoms with van der Waals surface area (Å²) in [6.07, 6.45) is 0.952. The van der Waals surface area contributed by atoms with E-state index in [2.05, 4.69) is 48.0 Å². The van der Waals surface area contributed by atoms with Gasteiger partial charge >= 0.3 is 0 Å². The van der Waals surface area contributed by atoms with Gasteiger partial charge in [-0.05, 0) is 29.0 Å². The van der Waals surface area contributed by atoms with Crippen LogP contribution < -0.4 is 5.32 Å². The molecule has 2 aromatic rings. The summed E-state index contributed by atoms with van der Waals surface area (Å²) < 4.78 is 0. The number of hydrogen-bond donors (Lipinski definition) is 2. The van der Waals surface area contributed by atoms with Gasteiger partial charge in [-0.1, -0.05) is 37.3 Å². The highest BCUT2D eigenvalue weighted by molar-refractivity contribution is 7.10. The van der Waals surface area contributed by atoms with Gasteiger partial charge in [0.25, 0.3) is 0 Å².